The lowest BCUT2D eigenvalue weighted by Crippen LogP contribution is -2.18. The predicted molar refractivity (Wildman–Crippen MR) is 179 cm³/mol. The summed E-state index contributed by atoms with van der Waals surface area (Å²) < 4.78 is 18.9. The topological polar surface area (TPSA) is 115 Å². The van der Waals surface area contributed by atoms with Crippen LogP contribution in [0.3, 0.4) is 0 Å². The molecule has 0 saturated heterocycles. The highest BCUT2D eigenvalue weighted by molar-refractivity contribution is 9.11. The van der Waals surface area contributed by atoms with Crippen LogP contribution in [0.25, 0.3) is 0 Å². The standard InChI is InChI=1S/C32H26Br3N3O6/c1-3-42-27-13-10-21(16-28(27)43-4-2)30(39)37-25-7-5-6-20(15-25)31(40)38-36-18-22-14-24(34)17-26(35)29(22)44-32(41)19-8-11-23(33)12-9-19/h5-18H,3-4H2,1-2H3,(H,37,39)(H,38,40). The first-order valence-electron chi connectivity index (χ1n) is 13.3. The zero-order valence-corrected chi connectivity index (χ0v) is 28.3. The van der Waals surface area contributed by atoms with Crippen LogP contribution in [-0.2, 0) is 0 Å². The van der Waals surface area contributed by atoms with Gasteiger partial charge in [0.05, 0.1) is 29.5 Å². The number of rotatable bonds is 11. The van der Waals surface area contributed by atoms with Gasteiger partial charge in [-0.2, -0.15) is 5.10 Å². The fourth-order valence-electron chi connectivity index (χ4n) is 3.88. The lowest BCUT2D eigenvalue weighted by molar-refractivity contribution is 0.0732. The van der Waals surface area contributed by atoms with Crippen LogP contribution in [-0.4, -0.2) is 37.2 Å². The summed E-state index contributed by atoms with van der Waals surface area (Å²) in [5, 5.41) is 6.86. The van der Waals surface area contributed by atoms with E-state index in [1.165, 1.54) is 12.3 Å². The molecule has 0 spiro atoms. The van der Waals surface area contributed by atoms with Gasteiger partial charge in [0.25, 0.3) is 11.8 Å². The van der Waals surface area contributed by atoms with Crippen LogP contribution in [0.1, 0.15) is 50.5 Å². The van der Waals surface area contributed by atoms with Crippen molar-refractivity contribution < 1.29 is 28.6 Å². The van der Waals surface area contributed by atoms with Crippen LogP contribution in [0.5, 0.6) is 17.2 Å². The second-order valence-corrected chi connectivity index (χ2v) is 11.6. The molecule has 0 saturated carbocycles. The van der Waals surface area contributed by atoms with Gasteiger partial charge in [0.15, 0.2) is 17.2 Å². The Morgan fingerprint density at radius 1 is 0.750 bits per heavy atom. The summed E-state index contributed by atoms with van der Waals surface area (Å²) in [5.41, 5.74) is 4.31. The zero-order valence-electron chi connectivity index (χ0n) is 23.5. The van der Waals surface area contributed by atoms with Crippen LogP contribution in [0.2, 0.25) is 0 Å². The molecule has 0 aliphatic rings. The average molecular weight is 788 g/mol. The monoisotopic (exact) mass is 785 g/mol. The number of carbonyl (C=O) groups excluding carboxylic acids is 3. The zero-order chi connectivity index (χ0) is 31.6. The SMILES string of the molecule is CCOc1ccc(C(=O)Nc2cccc(C(=O)NN=Cc3cc(Br)cc(Br)c3OC(=O)c3ccc(Br)cc3)c2)cc1OCC. The molecule has 0 unspecified atom stereocenters. The third-order valence-electron chi connectivity index (χ3n) is 5.87. The van der Waals surface area contributed by atoms with Crippen molar-refractivity contribution in [3.63, 3.8) is 0 Å². The first-order valence-corrected chi connectivity index (χ1v) is 15.7. The fraction of sp³-hybridized carbons (Fsp3) is 0.125. The number of benzene rings is 4. The van der Waals surface area contributed by atoms with E-state index in [9.17, 15) is 14.4 Å². The minimum absolute atomic E-state index is 0.227. The molecule has 226 valence electrons. The summed E-state index contributed by atoms with van der Waals surface area (Å²) in [4.78, 5) is 38.6. The number of esters is 1. The molecule has 0 radical (unpaired) electrons. The molecule has 9 nitrogen and oxygen atoms in total. The van der Waals surface area contributed by atoms with Crippen LogP contribution < -0.4 is 25.0 Å². The molecule has 0 fully saturated rings. The van der Waals surface area contributed by atoms with Crippen molar-refractivity contribution in [1.82, 2.24) is 5.43 Å². The van der Waals surface area contributed by atoms with Gasteiger partial charge in [-0.25, -0.2) is 10.2 Å². The Morgan fingerprint density at radius 2 is 1.43 bits per heavy atom. The van der Waals surface area contributed by atoms with E-state index >= 15 is 0 Å². The van der Waals surface area contributed by atoms with Crippen molar-refractivity contribution in [3.8, 4) is 17.2 Å². The number of nitrogens with zero attached hydrogens (tertiary/aromatic N) is 1. The van der Waals surface area contributed by atoms with E-state index in [0.29, 0.717) is 56.0 Å². The Kier molecular flexibility index (Phi) is 11.7. The van der Waals surface area contributed by atoms with Crippen molar-refractivity contribution in [2.45, 2.75) is 13.8 Å². The fourth-order valence-corrected chi connectivity index (χ4v) is 5.48. The van der Waals surface area contributed by atoms with Crippen LogP contribution in [0.15, 0.2) is 97.4 Å². The number of anilines is 1. The summed E-state index contributed by atoms with van der Waals surface area (Å²) in [6, 6.07) is 21.5. The second kappa shape index (κ2) is 15.6. The Labute approximate surface area is 279 Å². The van der Waals surface area contributed by atoms with Crippen molar-refractivity contribution in [3.05, 3.63) is 115 Å². The normalized spacial score (nSPS) is 10.8. The largest absolute Gasteiger partial charge is 0.490 e. The number of halogens is 3. The van der Waals surface area contributed by atoms with Crippen molar-refractivity contribution in [2.24, 2.45) is 5.10 Å². The average Bonchev–Trinajstić information content (AvgIpc) is 3.00. The van der Waals surface area contributed by atoms with E-state index in [-0.39, 0.29) is 17.2 Å². The molecular formula is C32H26Br3N3O6. The molecule has 2 N–H and O–H groups in total. The number of hydrogen-bond donors (Lipinski definition) is 2. The predicted octanol–water partition coefficient (Wildman–Crippen LogP) is 8.01. The minimum atomic E-state index is -0.558. The van der Waals surface area contributed by atoms with E-state index in [2.05, 4.69) is 63.6 Å². The molecule has 0 aliphatic heterocycles. The molecule has 2 amide bonds. The third-order valence-corrected chi connectivity index (χ3v) is 7.45. The van der Waals surface area contributed by atoms with E-state index in [4.69, 9.17) is 14.2 Å². The number of carbonyl (C=O) groups is 3. The highest BCUT2D eigenvalue weighted by Crippen LogP contribution is 2.33. The van der Waals surface area contributed by atoms with Crippen molar-refractivity contribution >= 4 is 77.5 Å². The molecule has 0 bridgehead atoms. The number of ether oxygens (including phenoxy) is 3. The summed E-state index contributed by atoms with van der Waals surface area (Å²) >= 11 is 10.2. The number of nitrogens with one attached hydrogen (secondary N) is 2. The van der Waals surface area contributed by atoms with Crippen LogP contribution >= 0.6 is 47.8 Å². The smallest absolute Gasteiger partial charge is 0.343 e. The van der Waals surface area contributed by atoms with E-state index in [1.54, 1.807) is 72.8 Å². The molecule has 4 aromatic rings. The van der Waals surface area contributed by atoms with Gasteiger partial charge in [-0.1, -0.05) is 37.9 Å². The number of hydrogen-bond acceptors (Lipinski definition) is 7. The lowest BCUT2D eigenvalue weighted by atomic mass is 10.1. The van der Waals surface area contributed by atoms with Gasteiger partial charge in [-0.3, -0.25) is 9.59 Å². The van der Waals surface area contributed by atoms with Crippen LogP contribution in [0.4, 0.5) is 5.69 Å². The Bertz CT molecular complexity index is 1710. The van der Waals surface area contributed by atoms with Gasteiger partial charge in [0.2, 0.25) is 0 Å². The van der Waals surface area contributed by atoms with E-state index < -0.39 is 11.9 Å². The first kappa shape index (κ1) is 32.9. The molecule has 0 atom stereocenters. The molecule has 4 aromatic carbocycles. The molecule has 12 heteroatoms. The third kappa shape index (κ3) is 8.77. The molecule has 0 aromatic heterocycles. The van der Waals surface area contributed by atoms with Crippen molar-refractivity contribution in [1.29, 1.82) is 0 Å². The first-order chi connectivity index (χ1) is 21.2. The maximum absolute atomic E-state index is 12.9. The number of amides is 2. The molecule has 44 heavy (non-hydrogen) atoms. The highest BCUT2D eigenvalue weighted by atomic mass is 79.9. The highest BCUT2D eigenvalue weighted by Gasteiger charge is 2.16. The molecular weight excluding hydrogens is 762 g/mol. The Hall–Kier alpha value is -4.00. The van der Waals surface area contributed by atoms with Gasteiger partial charge in [0.1, 0.15) is 0 Å². The summed E-state index contributed by atoms with van der Waals surface area (Å²) in [6.45, 7) is 4.60. The maximum Gasteiger partial charge on any atom is 0.343 e. The minimum Gasteiger partial charge on any atom is -0.490 e. The summed E-state index contributed by atoms with van der Waals surface area (Å²) in [5.74, 6) is -0.204. The van der Waals surface area contributed by atoms with E-state index in [1.807, 2.05) is 13.8 Å². The maximum atomic E-state index is 12.9. The van der Waals surface area contributed by atoms with E-state index in [0.717, 1.165) is 4.47 Å². The molecule has 4 rings (SSSR count). The van der Waals surface area contributed by atoms with Gasteiger partial charge in [-0.15, -0.1) is 0 Å². The Morgan fingerprint density at radius 3 is 2.16 bits per heavy atom. The molecule has 0 aliphatic carbocycles. The van der Waals surface area contributed by atoms with Gasteiger partial charge < -0.3 is 19.5 Å². The second-order valence-electron chi connectivity index (χ2n) is 8.96. The van der Waals surface area contributed by atoms with Crippen molar-refractivity contribution in [2.75, 3.05) is 18.5 Å². The van der Waals surface area contributed by atoms with Gasteiger partial charge in [-0.05, 0) is 103 Å². The lowest BCUT2D eigenvalue weighted by Gasteiger charge is -2.13. The Balaban J connectivity index is 1.45. The molecule has 0 heterocycles. The van der Waals surface area contributed by atoms with Gasteiger partial charge >= 0.3 is 5.97 Å². The number of hydrazone groups is 1. The van der Waals surface area contributed by atoms with Crippen LogP contribution in [0, 0.1) is 0 Å². The summed E-state index contributed by atoms with van der Waals surface area (Å²) in [7, 11) is 0. The summed E-state index contributed by atoms with van der Waals surface area (Å²) in [6.07, 6.45) is 1.37. The van der Waals surface area contributed by atoms with Gasteiger partial charge in [0, 0.05) is 31.3 Å². The quantitative estimate of drug-likeness (QED) is 0.0689.